The fourth-order valence-corrected chi connectivity index (χ4v) is 3.04. The molecule has 0 aliphatic carbocycles. The molecule has 1 aromatic carbocycles. The summed E-state index contributed by atoms with van der Waals surface area (Å²) in [5, 5.41) is 10.9. The lowest BCUT2D eigenvalue weighted by atomic mass is 10.2. The second-order valence-corrected chi connectivity index (χ2v) is 6.26. The molecule has 1 N–H and O–H groups in total. The molecule has 2 amide bonds. The summed E-state index contributed by atoms with van der Waals surface area (Å²) in [6.45, 7) is 2.18. The molecule has 9 nitrogen and oxygen atoms in total. The zero-order valence-corrected chi connectivity index (χ0v) is 15.1. The van der Waals surface area contributed by atoms with Gasteiger partial charge >= 0.3 is 6.09 Å². The van der Waals surface area contributed by atoms with E-state index in [0.717, 1.165) is 11.8 Å². The van der Waals surface area contributed by atoms with E-state index in [4.69, 9.17) is 9.47 Å². The van der Waals surface area contributed by atoms with E-state index in [-0.39, 0.29) is 12.4 Å². The zero-order valence-electron chi connectivity index (χ0n) is 14.3. The summed E-state index contributed by atoms with van der Waals surface area (Å²) < 4.78 is 18.0. The van der Waals surface area contributed by atoms with E-state index in [9.17, 15) is 9.59 Å². The molecule has 2 aromatic rings. The van der Waals surface area contributed by atoms with Crippen molar-refractivity contribution in [3.05, 3.63) is 30.1 Å². The van der Waals surface area contributed by atoms with Gasteiger partial charge in [0.15, 0.2) is 28.6 Å². The van der Waals surface area contributed by atoms with Gasteiger partial charge in [-0.1, -0.05) is 23.9 Å². The highest BCUT2D eigenvalue weighted by Gasteiger charge is 2.27. The highest BCUT2D eigenvalue weighted by molar-refractivity contribution is 7.99. The van der Waals surface area contributed by atoms with Crippen LogP contribution < -0.4 is 14.8 Å². The van der Waals surface area contributed by atoms with E-state index in [2.05, 4.69) is 20.3 Å². The van der Waals surface area contributed by atoms with E-state index in [1.807, 2.05) is 24.3 Å². The van der Waals surface area contributed by atoms with Crippen molar-refractivity contribution in [3.63, 3.8) is 0 Å². The number of nitrogens with one attached hydrogen (secondary N) is 1. The number of aromatic nitrogens is 3. The van der Waals surface area contributed by atoms with Crippen molar-refractivity contribution in [1.82, 2.24) is 20.1 Å². The van der Waals surface area contributed by atoms with Crippen LogP contribution in [0.5, 0.6) is 11.5 Å². The summed E-state index contributed by atoms with van der Waals surface area (Å²) in [6.07, 6.45) is -1.16. The van der Waals surface area contributed by atoms with Crippen molar-refractivity contribution in [2.45, 2.75) is 18.2 Å². The van der Waals surface area contributed by atoms with Gasteiger partial charge in [0.25, 0.3) is 0 Å². The van der Waals surface area contributed by atoms with Gasteiger partial charge in [-0.25, -0.2) is 4.79 Å². The molecule has 1 aliphatic heterocycles. The van der Waals surface area contributed by atoms with Crippen LogP contribution in [-0.2, 0) is 16.6 Å². The number of amides is 2. The number of imide groups is 1. The molecule has 0 saturated carbocycles. The average Bonchev–Trinajstić information content (AvgIpc) is 3.00. The number of carbonyl (C=O) groups is 2. The van der Waals surface area contributed by atoms with Gasteiger partial charge in [0.05, 0.1) is 12.4 Å². The lowest BCUT2D eigenvalue weighted by molar-refractivity contribution is -0.117. The van der Waals surface area contributed by atoms with E-state index in [1.54, 1.807) is 18.5 Å². The lowest BCUT2D eigenvalue weighted by Gasteiger charge is -2.25. The van der Waals surface area contributed by atoms with Crippen molar-refractivity contribution in [1.29, 1.82) is 0 Å². The number of para-hydroxylation sites is 2. The van der Waals surface area contributed by atoms with Crippen molar-refractivity contribution in [2.24, 2.45) is 7.05 Å². The average molecular weight is 378 g/mol. The lowest BCUT2D eigenvalue weighted by Crippen LogP contribution is -2.32. The number of benzene rings is 1. The first kappa shape index (κ1) is 18.1. The smallest absolute Gasteiger partial charge is 0.413 e. The van der Waals surface area contributed by atoms with Crippen molar-refractivity contribution >= 4 is 23.8 Å². The quantitative estimate of drug-likeness (QED) is 0.784. The number of nitrogens with zero attached hydrogens (tertiary/aromatic N) is 3. The third-order valence-electron chi connectivity index (χ3n) is 3.51. The first-order chi connectivity index (χ1) is 12.6. The Bertz CT molecular complexity index is 810. The number of rotatable bonds is 5. The van der Waals surface area contributed by atoms with Crippen LogP contribution in [0.15, 0.2) is 29.4 Å². The van der Waals surface area contributed by atoms with Gasteiger partial charge in [-0.3, -0.25) is 10.1 Å². The molecule has 0 bridgehead atoms. The van der Waals surface area contributed by atoms with Crippen molar-refractivity contribution in [3.8, 4) is 11.5 Å². The minimum atomic E-state index is -0.761. The number of hydrogen-bond acceptors (Lipinski definition) is 8. The summed E-state index contributed by atoms with van der Waals surface area (Å²) in [5.74, 6) is 1.47. The van der Waals surface area contributed by atoms with Gasteiger partial charge in [-0.05, 0) is 19.1 Å². The Hall–Kier alpha value is -2.75. The van der Waals surface area contributed by atoms with Crippen LogP contribution in [0.25, 0.3) is 0 Å². The summed E-state index contributed by atoms with van der Waals surface area (Å²) >= 11 is 1.16. The summed E-state index contributed by atoms with van der Waals surface area (Å²) in [4.78, 5) is 22.9. The largest absolute Gasteiger partial charge is 0.485 e. The molecule has 3 rings (SSSR count). The Kier molecular flexibility index (Phi) is 5.61. The molecule has 1 aliphatic rings. The van der Waals surface area contributed by atoms with E-state index in [0.29, 0.717) is 29.1 Å². The van der Waals surface area contributed by atoms with Gasteiger partial charge in [-0.15, -0.1) is 10.2 Å². The standard InChI is InChI=1S/C16H18N4O5S/c1-3-23-16(22)17-13(21)9-26-15-19-18-14(20(15)2)12-8-24-10-6-4-5-7-11(10)25-12/h4-7,12H,3,8-9H2,1-2H3,(H,17,21,22). The minimum absolute atomic E-state index is 0.00957. The number of carbonyl (C=O) groups excluding carboxylic acids is 2. The predicted octanol–water partition coefficient (Wildman–Crippen LogP) is 1.69. The molecule has 138 valence electrons. The first-order valence-corrected chi connectivity index (χ1v) is 8.94. The molecule has 0 radical (unpaired) electrons. The molecule has 0 spiro atoms. The van der Waals surface area contributed by atoms with Gasteiger partial charge in [0.2, 0.25) is 5.91 Å². The van der Waals surface area contributed by atoms with Gasteiger partial charge in [-0.2, -0.15) is 0 Å². The fraction of sp³-hybridized carbons (Fsp3) is 0.375. The second-order valence-electron chi connectivity index (χ2n) is 5.32. The Morgan fingerprint density at radius 1 is 1.35 bits per heavy atom. The molecule has 0 fully saturated rings. The normalized spacial score (nSPS) is 15.4. The maximum Gasteiger partial charge on any atom is 0.413 e. The van der Waals surface area contributed by atoms with Crippen LogP contribution in [0.4, 0.5) is 4.79 Å². The summed E-state index contributed by atoms with van der Waals surface area (Å²) in [5.41, 5.74) is 0. The maximum absolute atomic E-state index is 11.7. The van der Waals surface area contributed by atoms with Gasteiger partial charge in [0, 0.05) is 7.05 Å². The zero-order chi connectivity index (χ0) is 18.5. The highest BCUT2D eigenvalue weighted by atomic mass is 32.2. The molecule has 26 heavy (non-hydrogen) atoms. The van der Waals surface area contributed by atoms with E-state index in [1.165, 1.54) is 0 Å². The second kappa shape index (κ2) is 8.09. The Balaban J connectivity index is 1.60. The molecule has 1 aromatic heterocycles. The predicted molar refractivity (Wildman–Crippen MR) is 92.2 cm³/mol. The van der Waals surface area contributed by atoms with E-state index >= 15 is 0 Å². The fourth-order valence-electron chi connectivity index (χ4n) is 2.33. The molecule has 1 atom stereocenters. The molecule has 10 heteroatoms. The number of thioether (sulfide) groups is 1. The number of hydrogen-bond donors (Lipinski definition) is 1. The highest BCUT2D eigenvalue weighted by Crippen LogP contribution is 2.35. The van der Waals surface area contributed by atoms with Crippen molar-refractivity contribution < 1.29 is 23.8 Å². The topological polar surface area (TPSA) is 105 Å². The van der Waals surface area contributed by atoms with Crippen LogP contribution in [0, 0.1) is 0 Å². The Labute approximate surface area is 154 Å². The number of ether oxygens (including phenoxy) is 3. The minimum Gasteiger partial charge on any atom is -0.485 e. The van der Waals surface area contributed by atoms with E-state index < -0.39 is 18.1 Å². The van der Waals surface area contributed by atoms with Crippen LogP contribution in [-0.4, -0.2) is 45.7 Å². The Morgan fingerprint density at radius 2 is 2.12 bits per heavy atom. The molecule has 1 unspecified atom stereocenters. The molecular weight excluding hydrogens is 360 g/mol. The molecule has 0 saturated heterocycles. The third kappa shape index (κ3) is 4.07. The van der Waals surface area contributed by atoms with Crippen LogP contribution in [0.2, 0.25) is 0 Å². The molecular formula is C16H18N4O5S. The Morgan fingerprint density at radius 3 is 2.88 bits per heavy atom. The van der Waals surface area contributed by atoms with Gasteiger partial charge in [0.1, 0.15) is 6.61 Å². The number of fused-ring (bicyclic) bond motifs is 1. The van der Waals surface area contributed by atoms with Crippen molar-refractivity contribution in [2.75, 3.05) is 19.0 Å². The SMILES string of the molecule is CCOC(=O)NC(=O)CSc1nnc(C2COc3ccccc3O2)n1C. The summed E-state index contributed by atoms with van der Waals surface area (Å²) in [6, 6.07) is 7.41. The third-order valence-corrected chi connectivity index (χ3v) is 4.53. The monoisotopic (exact) mass is 378 g/mol. The summed E-state index contributed by atoms with van der Waals surface area (Å²) in [7, 11) is 1.78. The first-order valence-electron chi connectivity index (χ1n) is 7.95. The van der Waals surface area contributed by atoms with Crippen LogP contribution in [0.1, 0.15) is 18.9 Å². The number of alkyl carbamates (subject to hydrolysis) is 1. The maximum atomic E-state index is 11.7. The van der Waals surface area contributed by atoms with Gasteiger partial charge < -0.3 is 18.8 Å². The van der Waals surface area contributed by atoms with Crippen LogP contribution in [0.3, 0.4) is 0 Å². The molecule has 2 heterocycles. The van der Waals surface area contributed by atoms with Crippen LogP contribution >= 0.6 is 11.8 Å².